The van der Waals surface area contributed by atoms with Crippen LogP contribution in [0.4, 0.5) is 4.79 Å². The molecular weight excluding hydrogens is 622 g/mol. The molecular formula is C32H36BrNO9. The number of carbonyl (C=O) groups excluding carboxylic acids is 3. The zero-order valence-electron chi connectivity index (χ0n) is 24.1. The summed E-state index contributed by atoms with van der Waals surface area (Å²) in [5.74, 6) is -1.21. The Kier molecular flexibility index (Phi) is 11.9. The third-order valence-corrected chi connectivity index (χ3v) is 7.69. The molecule has 1 fully saturated rings. The Bertz CT molecular complexity index is 1350. The average Bonchev–Trinajstić information content (AvgIpc) is 3.59. The van der Waals surface area contributed by atoms with Crippen LogP contribution in [0.5, 0.6) is 0 Å². The van der Waals surface area contributed by atoms with E-state index in [0.29, 0.717) is 36.3 Å². The molecule has 1 aliphatic heterocycles. The fraction of sp³-hybridized carbons (Fsp3) is 0.406. The molecule has 10 nitrogen and oxygen atoms in total. The highest BCUT2D eigenvalue weighted by Gasteiger charge is 2.44. The van der Waals surface area contributed by atoms with Crippen LogP contribution < -0.4 is 0 Å². The summed E-state index contributed by atoms with van der Waals surface area (Å²) >= 11 is 3.50. The van der Waals surface area contributed by atoms with E-state index >= 15 is 0 Å². The lowest BCUT2D eigenvalue weighted by Gasteiger charge is -2.27. The van der Waals surface area contributed by atoms with Gasteiger partial charge in [0.1, 0.15) is 30.3 Å². The number of rotatable bonds is 15. The number of aryl methyl sites for hydroxylation is 1. The first kappa shape index (κ1) is 32.4. The monoisotopic (exact) mass is 657 g/mol. The van der Waals surface area contributed by atoms with E-state index in [9.17, 15) is 19.5 Å². The molecule has 230 valence electrons. The second kappa shape index (κ2) is 15.8. The van der Waals surface area contributed by atoms with Crippen molar-refractivity contribution in [3.8, 4) is 0 Å². The number of hydrogen-bond acceptors (Lipinski definition) is 9. The summed E-state index contributed by atoms with van der Waals surface area (Å²) in [4.78, 5) is 39.3. The number of furan rings is 1. The number of nitrogens with zero attached hydrogens (tertiary/aromatic N) is 1. The summed E-state index contributed by atoms with van der Waals surface area (Å²) < 4.78 is 28.9. The molecule has 2 heterocycles. The maximum Gasteiger partial charge on any atom is 0.417 e. The lowest BCUT2D eigenvalue weighted by atomic mass is 9.98. The molecule has 2 aromatic carbocycles. The molecule has 4 unspecified atom stereocenters. The Balaban J connectivity index is 1.34. The molecule has 4 atom stereocenters. The number of carbonyl (C=O) groups is 3. The SMILES string of the molecule is CC(=O)OC(c1cc(Br)c(CCCOCC(CO)OCc2ccccc2)o1)C(C)C(=O)N1C(=O)OCC1c1ccccc1. The van der Waals surface area contributed by atoms with Crippen molar-refractivity contribution in [2.45, 2.75) is 51.5 Å². The molecule has 1 aromatic heterocycles. The third-order valence-electron chi connectivity index (χ3n) is 7.02. The van der Waals surface area contributed by atoms with Crippen molar-refractivity contribution in [1.82, 2.24) is 4.90 Å². The predicted molar refractivity (Wildman–Crippen MR) is 159 cm³/mol. The molecule has 3 aromatic rings. The second-order valence-corrected chi connectivity index (χ2v) is 11.1. The van der Waals surface area contributed by atoms with E-state index in [-0.39, 0.29) is 25.6 Å². The molecule has 1 N–H and O–H groups in total. The van der Waals surface area contributed by atoms with E-state index in [0.717, 1.165) is 16.0 Å². The highest BCUT2D eigenvalue weighted by molar-refractivity contribution is 9.10. The fourth-order valence-electron chi connectivity index (χ4n) is 4.75. The molecule has 4 rings (SSSR count). The van der Waals surface area contributed by atoms with Crippen molar-refractivity contribution < 1.29 is 42.9 Å². The summed E-state index contributed by atoms with van der Waals surface area (Å²) in [6.07, 6.45) is -1.16. The van der Waals surface area contributed by atoms with Gasteiger partial charge in [-0.05, 0) is 46.5 Å². The molecule has 1 aliphatic rings. The summed E-state index contributed by atoms with van der Waals surface area (Å²) in [6.45, 7) is 3.74. The van der Waals surface area contributed by atoms with Crippen molar-refractivity contribution in [2.75, 3.05) is 26.4 Å². The number of halogens is 1. The molecule has 0 aliphatic carbocycles. The molecule has 0 radical (unpaired) electrons. The molecule has 2 amide bonds. The van der Waals surface area contributed by atoms with Gasteiger partial charge in [-0.1, -0.05) is 60.7 Å². The van der Waals surface area contributed by atoms with E-state index in [1.807, 2.05) is 60.7 Å². The van der Waals surface area contributed by atoms with Crippen LogP contribution in [0.3, 0.4) is 0 Å². The second-order valence-electron chi connectivity index (χ2n) is 10.2. The van der Waals surface area contributed by atoms with Crippen molar-refractivity contribution in [3.63, 3.8) is 0 Å². The smallest absolute Gasteiger partial charge is 0.417 e. The maximum atomic E-state index is 13.6. The van der Waals surface area contributed by atoms with Crippen LogP contribution in [0.2, 0.25) is 0 Å². The van der Waals surface area contributed by atoms with Crippen LogP contribution >= 0.6 is 15.9 Å². The topological polar surface area (TPSA) is 125 Å². The largest absolute Gasteiger partial charge is 0.461 e. The zero-order chi connectivity index (χ0) is 30.8. The first-order valence-corrected chi connectivity index (χ1v) is 14.9. The first-order valence-electron chi connectivity index (χ1n) is 14.1. The van der Waals surface area contributed by atoms with Crippen molar-refractivity contribution in [1.29, 1.82) is 0 Å². The Hall–Kier alpha value is -3.51. The number of imide groups is 1. The maximum absolute atomic E-state index is 13.6. The van der Waals surface area contributed by atoms with Crippen LogP contribution in [0.15, 0.2) is 75.6 Å². The van der Waals surface area contributed by atoms with E-state index in [2.05, 4.69) is 15.9 Å². The Labute approximate surface area is 259 Å². The van der Waals surface area contributed by atoms with Crippen molar-refractivity contribution in [2.24, 2.45) is 5.92 Å². The quantitative estimate of drug-likeness (QED) is 0.166. The van der Waals surface area contributed by atoms with Crippen molar-refractivity contribution in [3.05, 3.63) is 93.9 Å². The normalized spacial score (nSPS) is 16.9. The van der Waals surface area contributed by atoms with Crippen LogP contribution in [-0.4, -0.2) is 60.5 Å². The van der Waals surface area contributed by atoms with Crippen molar-refractivity contribution >= 4 is 33.9 Å². The summed E-state index contributed by atoms with van der Waals surface area (Å²) in [7, 11) is 0. The number of amides is 2. The van der Waals surface area contributed by atoms with E-state index in [1.54, 1.807) is 13.0 Å². The predicted octanol–water partition coefficient (Wildman–Crippen LogP) is 5.53. The summed E-state index contributed by atoms with van der Waals surface area (Å²) in [6, 6.07) is 19.9. The number of aliphatic hydroxyl groups excluding tert-OH is 1. The first-order chi connectivity index (χ1) is 20.8. The van der Waals surface area contributed by atoms with Gasteiger partial charge in [0.15, 0.2) is 6.10 Å². The number of esters is 1. The van der Waals surface area contributed by atoms with Crippen LogP contribution in [-0.2, 0) is 41.6 Å². The van der Waals surface area contributed by atoms with Crippen LogP contribution in [0.25, 0.3) is 0 Å². The molecule has 0 saturated carbocycles. The van der Waals surface area contributed by atoms with E-state index in [4.69, 9.17) is 23.4 Å². The minimum Gasteiger partial charge on any atom is -0.461 e. The summed E-state index contributed by atoms with van der Waals surface area (Å²) in [5, 5.41) is 9.62. The van der Waals surface area contributed by atoms with Gasteiger partial charge in [0.2, 0.25) is 5.91 Å². The van der Waals surface area contributed by atoms with Gasteiger partial charge in [-0.2, -0.15) is 0 Å². The van der Waals surface area contributed by atoms with Gasteiger partial charge >= 0.3 is 12.1 Å². The number of benzene rings is 2. The van der Waals surface area contributed by atoms with Gasteiger partial charge in [0.25, 0.3) is 0 Å². The zero-order valence-corrected chi connectivity index (χ0v) is 25.7. The Morgan fingerprint density at radius 1 is 1.12 bits per heavy atom. The minimum absolute atomic E-state index is 0.0380. The highest BCUT2D eigenvalue weighted by Crippen LogP contribution is 2.36. The lowest BCUT2D eigenvalue weighted by molar-refractivity contribution is -0.154. The molecule has 0 spiro atoms. The van der Waals surface area contributed by atoms with E-state index in [1.165, 1.54) is 6.92 Å². The van der Waals surface area contributed by atoms with Crippen LogP contribution in [0.1, 0.15) is 55.1 Å². The third kappa shape index (κ3) is 8.76. The lowest BCUT2D eigenvalue weighted by Crippen LogP contribution is -2.40. The van der Waals surface area contributed by atoms with E-state index < -0.39 is 42.1 Å². The van der Waals surface area contributed by atoms with Gasteiger partial charge in [0.05, 0.1) is 30.2 Å². The summed E-state index contributed by atoms with van der Waals surface area (Å²) in [5.41, 5.74) is 1.77. The van der Waals surface area contributed by atoms with Crippen LogP contribution in [0, 0.1) is 5.92 Å². The fourth-order valence-corrected chi connectivity index (χ4v) is 5.25. The minimum atomic E-state index is -1.07. The standard InChI is InChI=1S/C32H36BrNO9/c1-21(31(37)34-27(20-41-32(34)38)24-12-7-4-8-13-24)30(42-22(2)36)29-16-26(33)28(43-29)14-9-15-39-19-25(17-35)40-18-23-10-5-3-6-11-23/h3-8,10-13,16,21,25,27,30,35H,9,14-15,17-20H2,1-2H3. The number of ether oxygens (including phenoxy) is 4. The Morgan fingerprint density at radius 2 is 1.81 bits per heavy atom. The van der Waals surface area contributed by atoms with Gasteiger partial charge in [0, 0.05) is 20.0 Å². The molecule has 1 saturated heterocycles. The Morgan fingerprint density at radius 3 is 2.49 bits per heavy atom. The molecule has 0 bridgehead atoms. The van der Waals surface area contributed by atoms with Gasteiger partial charge in [-0.15, -0.1) is 0 Å². The average molecular weight is 659 g/mol. The number of aliphatic hydroxyl groups is 1. The van der Waals surface area contributed by atoms with Gasteiger partial charge in [-0.3, -0.25) is 9.59 Å². The van der Waals surface area contributed by atoms with Gasteiger partial charge < -0.3 is 28.5 Å². The number of hydrogen-bond donors (Lipinski definition) is 1. The highest BCUT2D eigenvalue weighted by atomic mass is 79.9. The molecule has 43 heavy (non-hydrogen) atoms. The number of cyclic esters (lactones) is 1. The molecule has 11 heteroatoms. The van der Waals surface area contributed by atoms with Gasteiger partial charge in [-0.25, -0.2) is 9.69 Å².